The quantitative estimate of drug-likeness (QED) is 0.816. The molecule has 3 unspecified atom stereocenters. The van der Waals surface area contributed by atoms with E-state index < -0.39 is 11.9 Å². The Hall–Kier alpha value is -1.72. The Morgan fingerprint density at radius 2 is 1.78 bits per heavy atom. The number of carbonyl (C=O) groups is 2. The Labute approximate surface area is 137 Å². The molecule has 2 rings (SSSR count). The van der Waals surface area contributed by atoms with Crippen molar-refractivity contribution in [3.8, 4) is 0 Å². The van der Waals surface area contributed by atoms with Crippen LogP contribution in [-0.2, 0) is 9.53 Å². The number of hydrogen-bond donors (Lipinski definition) is 1. The molecule has 0 bridgehead atoms. The summed E-state index contributed by atoms with van der Waals surface area (Å²) in [6.07, 6.45) is 0.0460. The van der Waals surface area contributed by atoms with E-state index in [1.165, 1.54) is 0 Å². The predicted molar refractivity (Wildman–Crippen MR) is 87.7 cm³/mol. The molecule has 1 heterocycles. The van der Waals surface area contributed by atoms with Crippen molar-refractivity contribution in [3.63, 3.8) is 0 Å². The van der Waals surface area contributed by atoms with Crippen LogP contribution in [0.1, 0.15) is 36.2 Å². The number of Topliss-reactive ketones (excluding diaryl/α,β-unsaturated/α-hetero) is 1. The number of rotatable bonds is 6. The normalized spacial score (nSPS) is 23.4. The van der Waals surface area contributed by atoms with Gasteiger partial charge in [-0.05, 0) is 20.8 Å². The first-order valence-electron chi connectivity index (χ1n) is 8.05. The third-order valence-corrected chi connectivity index (χ3v) is 4.10. The van der Waals surface area contributed by atoms with Crippen LogP contribution in [0.25, 0.3) is 0 Å². The van der Waals surface area contributed by atoms with Crippen LogP contribution in [0.3, 0.4) is 0 Å². The van der Waals surface area contributed by atoms with E-state index in [4.69, 9.17) is 9.84 Å². The van der Waals surface area contributed by atoms with Gasteiger partial charge in [0, 0.05) is 31.1 Å². The number of carboxylic acids is 1. The van der Waals surface area contributed by atoms with Gasteiger partial charge in [0.2, 0.25) is 0 Å². The van der Waals surface area contributed by atoms with Gasteiger partial charge in [0.15, 0.2) is 5.78 Å². The molecular weight excluding hydrogens is 294 g/mol. The molecule has 0 spiro atoms. The summed E-state index contributed by atoms with van der Waals surface area (Å²) in [4.78, 5) is 26.0. The number of aryl methyl sites for hydroxylation is 1. The molecule has 3 atom stereocenters. The Kier molecular flexibility index (Phi) is 5.91. The van der Waals surface area contributed by atoms with Crippen LogP contribution < -0.4 is 0 Å². The Morgan fingerprint density at radius 1 is 1.22 bits per heavy atom. The van der Waals surface area contributed by atoms with E-state index in [0.29, 0.717) is 12.1 Å². The summed E-state index contributed by atoms with van der Waals surface area (Å²) in [7, 11) is 0. The van der Waals surface area contributed by atoms with Crippen molar-refractivity contribution in [2.45, 2.75) is 39.4 Å². The highest BCUT2D eigenvalue weighted by atomic mass is 16.5. The molecular formula is C18H25NO4. The number of carbonyl (C=O) groups excluding carboxylic acids is 1. The predicted octanol–water partition coefficient (Wildman–Crippen LogP) is 2.38. The number of hydrogen-bond acceptors (Lipinski definition) is 4. The maximum Gasteiger partial charge on any atom is 0.304 e. The van der Waals surface area contributed by atoms with E-state index in [0.717, 1.165) is 18.7 Å². The number of ether oxygens (including phenoxy) is 1. The standard InChI is InChI=1S/C18H25NO4/c1-12-4-6-15(7-5-12)18(22)16(8-17(20)21)11-19-9-13(2)23-14(3)10-19/h4-7,13-14,16H,8-11H2,1-3H3,(H,20,21). The van der Waals surface area contributed by atoms with E-state index in [1.807, 2.05) is 32.9 Å². The van der Waals surface area contributed by atoms with E-state index in [-0.39, 0.29) is 24.4 Å². The van der Waals surface area contributed by atoms with Gasteiger partial charge >= 0.3 is 5.97 Å². The first-order valence-corrected chi connectivity index (χ1v) is 8.05. The highest BCUT2D eigenvalue weighted by Gasteiger charge is 2.29. The van der Waals surface area contributed by atoms with Gasteiger partial charge in [0.05, 0.1) is 18.6 Å². The van der Waals surface area contributed by atoms with Crippen LogP contribution in [0.15, 0.2) is 24.3 Å². The Balaban J connectivity index is 2.11. The molecule has 1 saturated heterocycles. The topological polar surface area (TPSA) is 66.8 Å². The van der Waals surface area contributed by atoms with Crippen molar-refractivity contribution in [1.29, 1.82) is 0 Å². The summed E-state index contributed by atoms with van der Waals surface area (Å²) in [6, 6.07) is 7.31. The van der Waals surface area contributed by atoms with Gasteiger partial charge in [-0.1, -0.05) is 29.8 Å². The summed E-state index contributed by atoms with van der Waals surface area (Å²) < 4.78 is 5.69. The zero-order valence-electron chi connectivity index (χ0n) is 14.0. The molecule has 5 heteroatoms. The number of ketones is 1. The van der Waals surface area contributed by atoms with Crippen LogP contribution in [0.5, 0.6) is 0 Å². The number of carboxylic acid groups (broad SMARTS) is 1. The average molecular weight is 319 g/mol. The fourth-order valence-electron chi connectivity index (χ4n) is 3.15. The third kappa shape index (κ3) is 5.15. The molecule has 0 aromatic heterocycles. The second kappa shape index (κ2) is 7.70. The molecule has 23 heavy (non-hydrogen) atoms. The summed E-state index contributed by atoms with van der Waals surface area (Å²) in [5.41, 5.74) is 1.66. The first-order chi connectivity index (χ1) is 10.8. The lowest BCUT2D eigenvalue weighted by molar-refractivity contribution is -0.138. The number of benzene rings is 1. The largest absolute Gasteiger partial charge is 0.481 e. The molecule has 126 valence electrons. The summed E-state index contributed by atoms with van der Waals surface area (Å²) >= 11 is 0. The highest BCUT2D eigenvalue weighted by molar-refractivity contribution is 5.99. The van der Waals surface area contributed by atoms with Crippen molar-refractivity contribution < 1.29 is 19.4 Å². The van der Waals surface area contributed by atoms with Crippen LogP contribution in [0.4, 0.5) is 0 Å². The van der Waals surface area contributed by atoms with Gasteiger partial charge in [0.25, 0.3) is 0 Å². The van der Waals surface area contributed by atoms with Gasteiger partial charge in [-0.3, -0.25) is 14.5 Å². The zero-order chi connectivity index (χ0) is 17.0. The fraction of sp³-hybridized carbons (Fsp3) is 0.556. The molecule has 0 aliphatic carbocycles. The maximum atomic E-state index is 12.7. The van der Waals surface area contributed by atoms with Crippen LogP contribution in [0.2, 0.25) is 0 Å². The van der Waals surface area contributed by atoms with Gasteiger partial charge in [-0.2, -0.15) is 0 Å². The monoisotopic (exact) mass is 319 g/mol. The number of aliphatic carboxylic acids is 1. The molecule has 5 nitrogen and oxygen atoms in total. The molecule has 1 aromatic carbocycles. The minimum Gasteiger partial charge on any atom is -0.481 e. The van der Waals surface area contributed by atoms with E-state index in [1.54, 1.807) is 12.1 Å². The second-order valence-corrected chi connectivity index (χ2v) is 6.50. The van der Waals surface area contributed by atoms with Crippen molar-refractivity contribution >= 4 is 11.8 Å². The molecule has 0 saturated carbocycles. The zero-order valence-corrected chi connectivity index (χ0v) is 14.0. The van der Waals surface area contributed by atoms with E-state index >= 15 is 0 Å². The first kappa shape index (κ1) is 17.6. The minimum atomic E-state index is -0.940. The average Bonchev–Trinajstić information content (AvgIpc) is 2.45. The smallest absolute Gasteiger partial charge is 0.304 e. The fourth-order valence-corrected chi connectivity index (χ4v) is 3.15. The summed E-state index contributed by atoms with van der Waals surface area (Å²) in [5, 5.41) is 9.16. The van der Waals surface area contributed by atoms with Gasteiger partial charge in [0.1, 0.15) is 0 Å². The van der Waals surface area contributed by atoms with Gasteiger partial charge < -0.3 is 9.84 Å². The van der Waals surface area contributed by atoms with Crippen molar-refractivity contribution in [3.05, 3.63) is 35.4 Å². The van der Waals surface area contributed by atoms with Crippen molar-refractivity contribution in [2.24, 2.45) is 5.92 Å². The molecule has 1 fully saturated rings. The lowest BCUT2D eigenvalue weighted by Crippen LogP contribution is -2.48. The lowest BCUT2D eigenvalue weighted by Gasteiger charge is -2.36. The molecule has 1 aliphatic rings. The van der Waals surface area contributed by atoms with Crippen molar-refractivity contribution in [2.75, 3.05) is 19.6 Å². The van der Waals surface area contributed by atoms with Crippen LogP contribution in [0, 0.1) is 12.8 Å². The number of nitrogens with zero attached hydrogens (tertiary/aromatic N) is 1. The Morgan fingerprint density at radius 3 is 2.30 bits per heavy atom. The summed E-state index contributed by atoms with van der Waals surface area (Å²) in [6.45, 7) is 7.85. The molecule has 1 N–H and O–H groups in total. The molecule has 1 aromatic rings. The highest BCUT2D eigenvalue weighted by Crippen LogP contribution is 2.18. The van der Waals surface area contributed by atoms with Gasteiger partial charge in [-0.15, -0.1) is 0 Å². The van der Waals surface area contributed by atoms with E-state index in [2.05, 4.69) is 4.90 Å². The molecule has 0 amide bonds. The third-order valence-electron chi connectivity index (χ3n) is 4.10. The van der Waals surface area contributed by atoms with Crippen molar-refractivity contribution in [1.82, 2.24) is 4.90 Å². The maximum absolute atomic E-state index is 12.7. The minimum absolute atomic E-state index is 0.0960. The van der Waals surface area contributed by atoms with Gasteiger partial charge in [-0.25, -0.2) is 0 Å². The lowest BCUT2D eigenvalue weighted by atomic mass is 9.93. The molecule has 1 aliphatic heterocycles. The second-order valence-electron chi connectivity index (χ2n) is 6.50. The van der Waals surface area contributed by atoms with E-state index in [9.17, 15) is 9.59 Å². The van der Waals surface area contributed by atoms with Crippen LogP contribution >= 0.6 is 0 Å². The SMILES string of the molecule is Cc1ccc(C(=O)C(CC(=O)O)CN2CC(C)OC(C)C2)cc1. The van der Waals surface area contributed by atoms with Crippen LogP contribution in [-0.4, -0.2) is 53.6 Å². The number of morpholine rings is 1. The Bertz CT molecular complexity index is 545. The molecule has 0 radical (unpaired) electrons. The summed E-state index contributed by atoms with van der Waals surface area (Å²) in [5.74, 6) is -1.57.